The quantitative estimate of drug-likeness (QED) is 0.769. The molecule has 26 heavy (non-hydrogen) atoms. The average Bonchev–Trinajstić information content (AvgIpc) is 2.60. The Hall–Kier alpha value is -2.41. The minimum absolute atomic E-state index is 0.0211. The van der Waals surface area contributed by atoms with Gasteiger partial charge in [0.1, 0.15) is 6.54 Å². The van der Waals surface area contributed by atoms with Gasteiger partial charge in [-0.05, 0) is 25.3 Å². The van der Waals surface area contributed by atoms with Crippen LogP contribution in [-0.2, 0) is 19.1 Å². The van der Waals surface area contributed by atoms with E-state index in [1.165, 1.54) is 11.8 Å². The fourth-order valence-electron chi connectivity index (χ4n) is 3.15. The summed E-state index contributed by atoms with van der Waals surface area (Å²) >= 11 is 0. The molecule has 1 saturated heterocycles. The van der Waals surface area contributed by atoms with Crippen molar-refractivity contribution in [1.82, 2.24) is 10.2 Å². The van der Waals surface area contributed by atoms with Gasteiger partial charge in [-0.1, -0.05) is 29.8 Å². The number of hydrogen-bond acceptors (Lipinski definition) is 4. The zero-order valence-corrected chi connectivity index (χ0v) is 15.2. The molecule has 0 saturated carbocycles. The van der Waals surface area contributed by atoms with Gasteiger partial charge in [0.25, 0.3) is 0 Å². The van der Waals surface area contributed by atoms with E-state index in [-0.39, 0.29) is 30.8 Å². The topological polar surface area (TPSA) is 95.9 Å². The first-order valence-electron chi connectivity index (χ1n) is 8.79. The molecule has 7 nitrogen and oxygen atoms in total. The van der Waals surface area contributed by atoms with Gasteiger partial charge in [0.2, 0.25) is 11.8 Å². The predicted molar refractivity (Wildman–Crippen MR) is 95.5 cm³/mol. The molecule has 2 amide bonds. The number of carboxylic acids is 1. The Kier molecular flexibility index (Phi) is 7.15. The SMILES string of the molecule is CC(=O)NC(CC(=O)N(CC(=O)O)C1CCOCC1)c1ccc(C)cc1. The fourth-order valence-corrected chi connectivity index (χ4v) is 3.15. The number of hydrogen-bond donors (Lipinski definition) is 2. The highest BCUT2D eigenvalue weighted by Gasteiger charge is 2.29. The fraction of sp³-hybridized carbons (Fsp3) is 0.526. The Balaban J connectivity index is 2.16. The maximum absolute atomic E-state index is 12.9. The van der Waals surface area contributed by atoms with Crippen LogP contribution >= 0.6 is 0 Å². The van der Waals surface area contributed by atoms with Crippen molar-refractivity contribution < 1.29 is 24.2 Å². The van der Waals surface area contributed by atoms with Crippen LogP contribution in [0.3, 0.4) is 0 Å². The van der Waals surface area contributed by atoms with Crippen LogP contribution in [0.1, 0.15) is 43.4 Å². The molecule has 0 aliphatic carbocycles. The van der Waals surface area contributed by atoms with E-state index in [0.717, 1.165) is 11.1 Å². The summed E-state index contributed by atoms with van der Waals surface area (Å²) in [5, 5.41) is 12.0. The standard InChI is InChI=1S/C19H26N2O5/c1-13-3-5-15(6-4-13)17(20-14(2)22)11-18(23)21(12-19(24)25)16-7-9-26-10-8-16/h3-6,16-17H,7-12H2,1-2H3,(H,20,22)(H,24,25). The predicted octanol–water partition coefficient (Wildman–Crippen LogP) is 1.65. The van der Waals surface area contributed by atoms with E-state index in [1.54, 1.807) is 0 Å². The summed E-state index contributed by atoms with van der Waals surface area (Å²) in [6, 6.07) is 6.95. The summed E-state index contributed by atoms with van der Waals surface area (Å²) in [6.07, 6.45) is 1.26. The number of carboxylic acid groups (broad SMARTS) is 1. The second-order valence-electron chi connectivity index (χ2n) is 6.63. The number of aliphatic carboxylic acids is 1. The zero-order valence-electron chi connectivity index (χ0n) is 15.2. The third-order valence-electron chi connectivity index (χ3n) is 4.49. The average molecular weight is 362 g/mol. The van der Waals surface area contributed by atoms with Crippen molar-refractivity contribution in [3.63, 3.8) is 0 Å². The van der Waals surface area contributed by atoms with Gasteiger partial charge >= 0.3 is 5.97 Å². The summed E-state index contributed by atoms with van der Waals surface area (Å²) in [5.41, 5.74) is 1.90. The number of amides is 2. The second-order valence-corrected chi connectivity index (χ2v) is 6.63. The molecular weight excluding hydrogens is 336 g/mol. The zero-order chi connectivity index (χ0) is 19.1. The van der Waals surface area contributed by atoms with Gasteiger partial charge in [0, 0.05) is 26.2 Å². The molecule has 1 aromatic rings. The summed E-state index contributed by atoms with van der Waals surface area (Å²) in [5.74, 6) is -1.56. The van der Waals surface area contributed by atoms with Crippen molar-refractivity contribution in [3.8, 4) is 0 Å². The van der Waals surface area contributed by atoms with E-state index in [1.807, 2.05) is 31.2 Å². The van der Waals surface area contributed by atoms with Gasteiger partial charge in [-0.3, -0.25) is 14.4 Å². The highest BCUT2D eigenvalue weighted by molar-refractivity contribution is 5.83. The highest BCUT2D eigenvalue weighted by atomic mass is 16.5. The molecule has 142 valence electrons. The number of carbonyl (C=O) groups is 3. The number of nitrogens with zero attached hydrogens (tertiary/aromatic N) is 1. The van der Waals surface area contributed by atoms with Crippen molar-refractivity contribution in [3.05, 3.63) is 35.4 Å². The summed E-state index contributed by atoms with van der Waals surface area (Å²) < 4.78 is 5.31. The largest absolute Gasteiger partial charge is 0.480 e. The van der Waals surface area contributed by atoms with Crippen LogP contribution in [0, 0.1) is 6.92 Å². The van der Waals surface area contributed by atoms with Crippen molar-refractivity contribution in [2.24, 2.45) is 0 Å². The smallest absolute Gasteiger partial charge is 0.323 e. The molecule has 0 bridgehead atoms. The van der Waals surface area contributed by atoms with Gasteiger partial charge in [0.05, 0.1) is 12.5 Å². The Morgan fingerprint density at radius 1 is 1.23 bits per heavy atom. The van der Waals surface area contributed by atoms with E-state index in [2.05, 4.69) is 5.32 Å². The van der Waals surface area contributed by atoms with Crippen LogP contribution < -0.4 is 5.32 Å². The van der Waals surface area contributed by atoms with Crippen molar-refractivity contribution >= 4 is 17.8 Å². The first-order valence-corrected chi connectivity index (χ1v) is 8.79. The molecule has 1 aliphatic rings. The Morgan fingerprint density at radius 3 is 2.38 bits per heavy atom. The van der Waals surface area contributed by atoms with Crippen LogP contribution in [0.25, 0.3) is 0 Å². The third kappa shape index (κ3) is 5.84. The molecule has 0 radical (unpaired) electrons. The van der Waals surface area contributed by atoms with Crippen LogP contribution in [0.2, 0.25) is 0 Å². The Labute approximate surface area is 153 Å². The number of carbonyl (C=O) groups excluding carboxylic acids is 2. The number of ether oxygens (including phenoxy) is 1. The summed E-state index contributed by atoms with van der Waals surface area (Å²) in [7, 11) is 0. The van der Waals surface area contributed by atoms with E-state index in [9.17, 15) is 19.5 Å². The molecule has 1 aliphatic heterocycles. The molecule has 1 heterocycles. The highest BCUT2D eigenvalue weighted by Crippen LogP contribution is 2.22. The number of rotatable bonds is 7. The van der Waals surface area contributed by atoms with Gasteiger partial charge in [-0.2, -0.15) is 0 Å². The molecule has 2 N–H and O–H groups in total. The van der Waals surface area contributed by atoms with E-state index >= 15 is 0 Å². The van der Waals surface area contributed by atoms with Gasteiger partial charge in [0.15, 0.2) is 0 Å². The summed E-state index contributed by atoms with van der Waals surface area (Å²) in [6.45, 7) is 4.05. The van der Waals surface area contributed by atoms with Crippen LogP contribution in [-0.4, -0.2) is 53.6 Å². The maximum atomic E-state index is 12.9. The maximum Gasteiger partial charge on any atom is 0.323 e. The molecule has 1 unspecified atom stereocenters. The van der Waals surface area contributed by atoms with Crippen LogP contribution in [0.4, 0.5) is 0 Å². The lowest BCUT2D eigenvalue weighted by Crippen LogP contribution is -2.47. The molecule has 0 spiro atoms. The van der Waals surface area contributed by atoms with Gasteiger partial charge in [-0.15, -0.1) is 0 Å². The van der Waals surface area contributed by atoms with Crippen molar-refractivity contribution in [2.75, 3.05) is 19.8 Å². The second kappa shape index (κ2) is 9.33. The summed E-state index contributed by atoms with van der Waals surface area (Å²) in [4.78, 5) is 37.1. The molecule has 2 rings (SSSR count). The van der Waals surface area contributed by atoms with E-state index in [4.69, 9.17) is 4.74 Å². The lowest BCUT2D eigenvalue weighted by molar-refractivity contribution is -0.148. The normalized spacial score (nSPS) is 15.9. The molecule has 0 aromatic heterocycles. The monoisotopic (exact) mass is 362 g/mol. The Bertz CT molecular complexity index is 638. The molecule has 1 fully saturated rings. The number of nitrogens with one attached hydrogen (secondary N) is 1. The minimum Gasteiger partial charge on any atom is -0.480 e. The van der Waals surface area contributed by atoms with Crippen LogP contribution in [0.5, 0.6) is 0 Å². The first-order chi connectivity index (χ1) is 12.4. The van der Waals surface area contributed by atoms with E-state index < -0.39 is 12.0 Å². The number of benzene rings is 1. The number of aryl methyl sites for hydroxylation is 1. The van der Waals surface area contributed by atoms with Crippen molar-refractivity contribution in [2.45, 2.75) is 45.2 Å². The van der Waals surface area contributed by atoms with Gasteiger partial charge < -0.3 is 20.1 Å². The lowest BCUT2D eigenvalue weighted by atomic mass is 10.00. The van der Waals surface area contributed by atoms with Gasteiger partial charge in [-0.25, -0.2) is 0 Å². The first kappa shape index (κ1) is 19.9. The third-order valence-corrected chi connectivity index (χ3v) is 4.49. The molecule has 7 heteroatoms. The Morgan fingerprint density at radius 2 is 1.85 bits per heavy atom. The minimum atomic E-state index is -1.05. The molecule has 1 atom stereocenters. The van der Waals surface area contributed by atoms with Crippen molar-refractivity contribution in [1.29, 1.82) is 0 Å². The van der Waals surface area contributed by atoms with E-state index in [0.29, 0.717) is 26.1 Å². The van der Waals surface area contributed by atoms with Crippen LogP contribution in [0.15, 0.2) is 24.3 Å². The molecule has 1 aromatic carbocycles. The lowest BCUT2D eigenvalue weighted by Gasteiger charge is -2.34. The molecular formula is C19H26N2O5.